The fourth-order valence-electron chi connectivity index (χ4n) is 2.23. The monoisotopic (exact) mass is 280 g/mol. The van der Waals surface area contributed by atoms with Gasteiger partial charge in [0.25, 0.3) is 0 Å². The maximum Gasteiger partial charge on any atom is 0.0619 e. The number of thioether (sulfide) groups is 1. The van der Waals surface area contributed by atoms with Crippen LogP contribution in [0.2, 0.25) is 0 Å². The topological polar surface area (TPSA) is 38.5 Å². The quantitative estimate of drug-likeness (QED) is 0.811. The van der Waals surface area contributed by atoms with E-state index in [1.807, 2.05) is 17.8 Å². The van der Waals surface area contributed by atoms with E-state index < -0.39 is 0 Å². The number of hydrogen-bond acceptors (Lipinski definition) is 4. The Labute approximate surface area is 120 Å². The highest BCUT2D eigenvalue weighted by Gasteiger charge is 2.18. The van der Waals surface area contributed by atoms with E-state index in [4.69, 9.17) is 10.5 Å². The molecule has 0 radical (unpaired) electrons. The van der Waals surface area contributed by atoms with Crippen molar-refractivity contribution in [3.8, 4) is 0 Å². The summed E-state index contributed by atoms with van der Waals surface area (Å²) in [4.78, 5) is 3.79. The van der Waals surface area contributed by atoms with E-state index in [0.717, 1.165) is 38.5 Å². The number of ether oxygens (including phenoxy) is 1. The molecule has 0 bridgehead atoms. The molecule has 19 heavy (non-hydrogen) atoms. The van der Waals surface area contributed by atoms with Gasteiger partial charge < -0.3 is 10.5 Å². The van der Waals surface area contributed by atoms with Crippen molar-refractivity contribution in [3.05, 3.63) is 30.3 Å². The molecule has 4 heteroatoms. The van der Waals surface area contributed by atoms with E-state index in [0.29, 0.717) is 6.04 Å². The van der Waals surface area contributed by atoms with Gasteiger partial charge in [-0.15, -0.1) is 11.8 Å². The maximum absolute atomic E-state index is 6.21. The molecule has 106 valence electrons. The van der Waals surface area contributed by atoms with Gasteiger partial charge in [-0.25, -0.2) is 0 Å². The van der Waals surface area contributed by atoms with Crippen LogP contribution in [0.15, 0.2) is 35.2 Å². The Hall–Kier alpha value is -0.550. The Morgan fingerprint density at radius 3 is 2.95 bits per heavy atom. The fraction of sp³-hybridized carbons (Fsp3) is 0.600. The first-order chi connectivity index (χ1) is 9.25. The number of rotatable bonds is 6. The Morgan fingerprint density at radius 2 is 2.21 bits per heavy atom. The molecule has 2 atom stereocenters. The largest absolute Gasteiger partial charge is 0.379 e. The van der Waals surface area contributed by atoms with Gasteiger partial charge in [0, 0.05) is 35.8 Å². The molecule has 1 aliphatic heterocycles. The zero-order chi connectivity index (χ0) is 13.5. The summed E-state index contributed by atoms with van der Waals surface area (Å²) in [5, 5.41) is 0. The number of nitrogens with zero attached hydrogens (tertiary/aromatic N) is 1. The van der Waals surface area contributed by atoms with E-state index >= 15 is 0 Å². The van der Waals surface area contributed by atoms with Crippen LogP contribution in [0.3, 0.4) is 0 Å². The van der Waals surface area contributed by atoms with E-state index in [1.165, 1.54) is 4.90 Å². The predicted molar refractivity (Wildman–Crippen MR) is 81.6 cm³/mol. The van der Waals surface area contributed by atoms with Crippen LogP contribution in [0.25, 0.3) is 0 Å². The molecule has 3 nitrogen and oxygen atoms in total. The van der Waals surface area contributed by atoms with Gasteiger partial charge in [-0.05, 0) is 25.5 Å². The zero-order valence-corrected chi connectivity index (χ0v) is 12.4. The van der Waals surface area contributed by atoms with Crippen molar-refractivity contribution in [3.63, 3.8) is 0 Å². The second-order valence-electron chi connectivity index (χ2n) is 5.13. The highest BCUT2D eigenvalue weighted by Crippen LogP contribution is 2.18. The molecule has 2 N–H and O–H groups in total. The molecular weight excluding hydrogens is 256 g/mol. The van der Waals surface area contributed by atoms with Crippen molar-refractivity contribution in [2.24, 2.45) is 5.73 Å². The van der Waals surface area contributed by atoms with Gasteiger partial charge in [-0.3, -0.25) is 4.90 Å². The van der Waals surface area contributed by atoms with Crippen molar-refractivity contribution in [1.82, 2.24) is 4.90 Å². The number of nitrogens with two attached hydrogens (primary N) is 1. The van der Waals surface area contributed by atoms with Crippen LogP contribution in [0, 0.1) is 0 Å². The van der Waals surface area contributed by atoms with E-state index in [-0.39, 0.29) is 6.04 Å². The van der Waals surface area contributed by atoms with Crippen LogP contribution >= 0.6 is 11.8 Å². The number of morpholine rings is 1. The molecular formula is C15H24N2OS. The first kappa shape index (κ1) is 14.9. The summed E-state index contributed by atoms with van der Waals surface area (Å²) in [7, 11) is 0. The van der Waals surface area contributed by atoms with Crippen molar-refractivity contribution < 1.29 is 4.74 Å². The molecule has 1 fully saturated rings. The average Bonchev–Trinajstić information content (AvgIpc) is 2.45. The van der Waals surface area contributed by atoms with Crippen LogP contribution in [0.4, 0.5) is 0 Å². The normalized spacial score (nSPS) is 22.3. The van der Waals surface area contributed by atoms with Gasteiger partial charge in [0.15, 0.2) is 0 Å². The third kappa shape index (κ3) is 5.15. The van der Waals surface area contributed by atoms with Crippen LogP contribution in [-0.4, -0.2) is 49.0 Å². The summed E-state index contributed by atoms with van der Waals surface area (Å²) in [5.74, 6) is 0.989. The molecule has 1 saturated heterocycles. The van der Waals surface area contributed by atoms with Crippen LogP contribution in [-0.2, 0) is 4.74 Å². The van der Waals surface area contributed by atoms with Gasteiger partial charge in [-0.2, -0.15) is 0 Å². The first-order valence-electron chi connectivity index (χ1n) is 7.01. The minimum atomic E-state index is 0.264. The summed E-state index contributed by atoms with van der Waals surface area (Å²) >= 11 is 1.85. The molecule has 2 rings (SSSR count). The Balaban J connectivity index is 1.65. The van der Waals surface area contributed by atoms with E-state index in [1.54, 1.807) is 0 Å². The minimum Gasteiger partial charge on any atom is -0.379 e. The Morgan fingerprint density at radius 1 is 1.42 bits per heavy atom. The highest BCUT2D eigenvalue weighted by atomic mass is 32.2. The van der Waals surface area contributed by atoms with Crippen molar-refractivity contribution in [1.29, 1.82) is 0 Å². The lowest BCUT2D eigenvalue weighted by molar-refractivity contribution is -0.00115. The van der Waals surface area contributed by atoms with E-state index in [2.05, 4.69) is 36.1 Å². The third-order valence-electron chi connectivity index (χ3n) is 3.50. The summed E-state index contributed by atoms with van der Waals surface area (Å²) in [6, 6.07) is 11.3. The molecule has 0 spiro atoms. The molecule has 0 unspecified atom stereocenters. The lowest BCUT2D eigenvalue weighted by Gasteiger charge is -2.33. The van der Waals surface area contributed by atoms with Crippen LogP contribution in [0.1, 0.15) is 13.3 Å². The minimum absolute atomic E-state index is 0.264. The smallest absolute Gasteiger partial charge is 0.0619 e. The van der Waals surface area contributed by atoms with Gasteiger partial charge in [0.2, 0.25) is 0 Å². The van der Waals surface area contributed by atoms with Crippen LogP contribution < -0.4 is 5.73 Å². The standard InChI is InChI=1S/C15H24N2OS/c1-13-11-18-10-9-17(13)8-7-14(16)12-19-15-5-3-2-4-6-15/h2-6,13-14H,7-12,16H2,1H3/t13-,14+/m0/s1. The first-order valence-corrected chi connectivity index (χ1v) is 7.99. The third-order valence-corrected chi connectivity index (χ3v) is 4.70. The molecule has 0 aromatic heterocycles. The predicted octanol–water partition coefficient (Wildman–Crippen LogP) is 2.22. The lowest BCUT2D eigenvalue weighted by atomic mass is 10.2. The Bertz CT molecular complexity index is 360. The van der Waals surface area contributed by atoms with Gasteiger partial charge >= 0.3 is 0 Å². The van der Waals surface area contributed by atoms with Crippen LogP contribution in [0.5, 0.6) is 0 Å². The molecule has 1 aromatic carbocycles. The average molecular weight is 280 g/mol. The fourth-order valence-corrected chi connectivity index (χ4v) is 3.15. The SMILES string of the molecule is C[C@H]1COCCN1CC[C@@H](N)CSc1ccccc1. The lowest BCUT2D eigenvalue weighted by Crippen LogP contribution is -2.45. The highest BCUT2D eigenvalue weighted by molar-refractivity contribution is 7.99. The van der Waals surface area contributed by atoms with Gasteiger partial charge in [0.1, 0.15) is 0 Å². The molecule has 0 saturated carbocycles. The molecule has 1 aromatic rings. The second kappa shape index (κ2) is 7.90. The number of benzene rings is 1. The van der Waals surface area contributed by atoms with Crippen molar-refractivity contribution in [2.45, 2.75) is 30.3 Å². The maximum atomic E-state index is 6.21. The molecule has 1 heterocycles. The van der Waals surface area contributed by atoms with Gasteiger partial charge in [-0.1, -0.05) is 18.2 Å². The Kier molecular flexibility index (Phi) is 6.17. The summed E-state index contributed by atoms with van der Waals surface area (Å²) in [5.41, 5.74) is 6.21. The van der Waals surface area contributed by atoms with E-state index in [9.17, 15) is 0 Å². The molecule has 0 aliphatic carbocycles. The molecule has 1 aliphatic rings. The summed E-state index contributed by atoms with van der Waals surface area (Å²) in [6.45, 7) is 6.07. The zero-order valence-electron chi connectivity index (χ0n) is 11.6. The number of hydrogen-bond donors (Lipinski definition) is 1. The molecule has 0 amide bonds. The summed E-state index contributed by atoms with van der Waals surface area (Å²) < 4.78 is 5.45. The second-order valence-corrected chi connectivity index (χ2v) is 6.23. The van der Waals surface area contributed by atoms with Crippen molar-refractivity contribution in [2.75, 3.05) is 32.1 Å². The van der Waals surface area contributed by atoms with Gasteiger partial charge in [0.05, 0.1) is 13.2 Å². The van der Waals surface area contributed by atoms with Crippen molar-refractivity contribution >= 4 is 11.8 Å². The summed E-state index contributed by atoms with van der Waals surface area (Å²) in [6.07, 6.45) is 1.06.